The van der Waals surface area contributed by atoms with Crippen LogP contribution in [0.3, 0.4) is 0 Å². The molecule has 0 radical (unpaired) electrons. The van der Waals surface area contributed by atoms with Gasteiger partial charge in [-0.1, -0.05) is 28.2 Å². The SMILES string of the molecule is Cc1ccc(Cl)cc1N(C(=O)c1csnn1)[C@H](C(=O)NC(C)(C)C)c1cccs1. The van der Waals surface area contributed by atoms with E-state index < -0.39 is 17.5 Å². The van der Waals surface area contributed by atoms with Crippen molar-refractivity contribution in [3.05, 3.63) is 62.2 Å². The van der Waals surface area contributed by atoms with Crippen molar-refractivity contribution < 1.29 is 9.59 Å². The Morgan fingerprint density at radius 2 is 2.00 bits per heavy atom. The van der Waals surface area contributed by atoms with Crippen LogP contribution in [0.15, 0.2) is 41.1 Å². The Hall–Kier alpha value is -2.29. The van der Waals surface area contributed by atoms with E-state index in [1.807, 2.05) is 51.3 Å². The van der Waals surface area contributed by atoms with E-state index in [0.29, 0.717) is 10.7 Å². The van der Waals surface area contributed by atoms with Gasteiger partial charge in [0.25, 0.3) is 5.91 Å². The van der Waals surface area contributed by atoms with Crippen LogP contribution in [0.4, 0.5) is 5.69 Å². The molecule has 2 amide bonds. The molecule has 0 aliphatic heterocycles. The lowest BCUT2D eigenvalue weighted by molar-refractivity contribution is -0.123. The molecule has 6 nitrogen and oxygen atoms in total. The predicted molar refractivity (Wildman–Crippen MR) is 118 cm³/mol. The van der Waals surface area contributed by atoms with E-state index in [1.165, 1.54) is 16.2 Å². The van der Waals surface area contributed by atoms with Gasteiger partial charge in [0, 0.05) is 26.5 Å². The van der Waals surface area contributed by atoms with Crippen LogP contribution < -0.4 is 10.2 Å². The van der Waals surface area contributed by atoms with E-state index in [1.54, 1.807) is 17.5 Å². The number of thiophene rings is 1. The van der Waals surface area contributed by atoms with Gasteiger partial charge in [-0.15, -0.1) is 16.4 Å². The summed E-state index contributed by atoms with van der Waals surface area (Å²) in [5.41, 5.74) is 1.08. The number of nitrogens with one attached hydrogen (secondary N) is 1. The summed E-state index contributed by atoms with van der Waals surface area (Å²) < 4.78 is 3.81. The molecule has 0 saturated heterocycles. The second-order valence-corrected chi connectivity index (χ2v) is 9.58. The van der Waals surface area contributed by atoms with Gasteiger partial charge in [0.15, 0.2) is 11.7 Å². The van der Waals surface area contributed by atoms with E-state index in [9.17, 15) is 9.59 Å². The summed E-state index contributed by atoms with van der Waals surface area (Å²) in [5.74, 6) is -0.692. The smallest absolute Gasteiger partial charge is 0.280 e. The van der Waals surface area contributed by atoms with Crippen LogP contribution in [0.5, 0.6) is 0 Å². The van der Waals surface area contributed by atoms with E-state index in [4.69, 9.17) is 11.6 Å². The number of carbonyl (C=O) groups excluding carboxylic acids is 2. The van der Waals surface area contributed by atoms with E-state index in [-0.39, 0.29) is 11.6 Å². The highest BCUT2D eigenvalue weighted by Gasteiger charge is 2.37. The van der Waals surface area contributed by atoms with Crippen molar-refractivity contribution in [1.29, 1.82) is 0 Å². The van der Waals surface area contributed by atoms with Crippen molar-refractivity contribution in [2.75, 3.05) is 4.90 Å². The van der Waals surface area contributed by atoms with Crippen molar-refractivity contribution >= 4 is 52.0 Å². The summed E-state index contributed by atoms with van der Waals surface area (Å²) in [7, 11) is 0. The number of carbonyl (C=O) groups is 2. The van der Waals surface area contributed by atoms with Gasteiger partial charge in [0.2, 0.25) is 5.91 Å². The Morgan fingerprint density at radius 3 is 2.59 bits per heavy atom. The van der Waals surface area contributed by atoms with Crippen LogP contribution in [0.1, 0.15) is 47.7 Å². The minimum atomic E-state index is -0.874. The molecular formula is C20H21ClN4O2S2. The molecule has 0 aliphatic carbocycles. The maximum absolute atomic E-state index is 13.5. The predicted octanol–water partition coefficient (Wildman–Crippen LogP) is 4.86. The lowest BCUT2D eigenvalue weighted by Crippen LogP contribution is -2.49. The average molecular weight is 449 g/mol. The maximum atomic E-state index is 13.5. The number of amides is 2. The zero-order valence-electron chi connectivity index (χ0n) is 16.5. The van der Waals surface area contributed by atoms with Crippen molar-refractivity contribution in [3.8, 4) is 0 Å². The first-order valence-electron chi connectivity index (χ1n) is 8.89. The molecule has 2 aromatic heterocycles. The summed E-state index contributed by atoms with van der Waals surface area (Å²) in [6, 6.07) is 8.10. The van der Waals surface area contributed by atoms with Crippen LogP contribution in [0.25, 0.3) is 0 Å². The van der Waals surface area contributed by atoms with Gasteiger partial charge in [-0.25, -0.2) is 0 Å². The number of rotatable bonds is 5. The lowest BCUT2D eigenvalue weighted by atomic mass is 10.0. The number of benzene rings is 1. The molecule has 0 bridgehead atoms. The first-order chi connectivity index (χ1) is 13.7. The minimum absolute atomic E-state index is 0.180. The summed E-state index contributed by atoms with van der Waals surface area (Å²) in [6.45, 7) is 7.57. The van der Waals surface area contributed by atoms with E-state index in [0.717, 1.165) is 22.0 Å². The Labute approximate surface area is 182 Å². The van der Waals surface area contributed by atoms with E-state index in [2.05, 4.69) is 14.9 Å². The molecule has 1 aromatic carbocycles. The molecule has 0 fully saturated rings. The number of anilines is 1. The lowest BCUT2D eigenvalue weighted by Gasteiger charge is -2.33. The second-order valence-electron chi connectivity index (χ2n) is 7.55. The summed E-state index contributed by atoms with van der Waals surface area (Å²) in [5, 5.41) is 10.9. The first-order valence-corrected chi connectivity index (χ1v) is 11.0. The molecule has 3 aromatic rings. The third kappa shape index (κ3) is 5.01. The van der Waals surface area contributed by atoms with Crippen LogP contribution in [-0.2, 0) is 4.79 Å². The minimum Gasteiger partial charge on any atom is -0.349 e. The van der Waals surface area contributed by atoms with Gasteiger partial charge in [0.05, 0.1) is 0 Å². The van der Waals surface area contributed by atoms with Gasteiger partial charge in [0.1, 0.15) is 0 Å². The molecule has 0 aliphatic rings. The Kier molecular flexibility index (Phi) is 6.36. The molecule has 152 valence electrons. The molecule has 0 unspecified atom stereocenters. The third-order valence-corrected chi connectivity index (χ3v) is 5.71. The third-order valence-electron chi connectivity index (χ3n) is 4.05. The monoisotopic (exact) mass is 448 g/mol. The standard InChI is InChI=1S/C20H21ClN4O2S2/c1-12-7-8-13(21)10-15(12)25(19(27)14-11-29-24-23-14)17(16-6-5-9-28-16)18(26)22-20(2,3)4/h5-11,17H,1-4H3,(H,22,26)/t17-/m0/s1. The topological polar surface area (TPSA) is 75.2 Å². The highest BCUT2D eigenvalue weighted by molar-refractivity contribution is 7.10. The average Bonchev–Trinajstić information content (AvgIpc) is 3.33. The quantitative estimate of drug-likeness (QED) is 0.604. The molecule has 0 spiro atoms. The molecular weight excluding hydrogens is 428 g/mol. The van der Waals surface area contributed by atoms with Gasteiger partial charge in [-0.3, -0.25) is 14.5 Å². The highest BCUT2D eigenvalue weighted by Crippen LogP contribution is 2.35. The Bertz CT molecular complexity index is 998. The van der Waals surface area contributed by atoms with Crippen molar-refractivity contribution in [3.63, 3.8) is 0 Å². The maximum Gasteiger partial charge on any atom is 0.280 e. The number of halogens is 1. The molecule has 3 rings (SSSR count). The van der Waals surface area contributed by atoms with Crippen molar-refractivity contribution in [2.24, 2.45) is 0 Å². The Morgan fingerprint density at radius 1 is 1.24 bits per heavy atom. The molecule has 1 N–H and O–H groups in total. The van der Waals surface area contributed by atoms with Crippen LogP contribution in [0.2, 0.25) is 5.02 Å². The van der Waals surface area contributed by atoms with Crippen LogP contribution >= 0.6 is 34.5 Å². The summed E-state index contributed by atoms with van der Waals surface area (Å²) in [4.78, 5) is 29.1. The Balaban J connectivity index is 2.19. The summed E-state index contributed by atoms with van der Waals surface area (Å²) >= 11 is 8.74. The molecule has 9 heteroatoms. The molecule has 29 heavy (non-hydrogen) atoms. The zero-order valence-corrected chi connectivity index (χ0v) is 18.9. The molecule has 2 heterocycles. The number of nitrogens with zero attached hydrogens (tertiary/aromatic N) is 3. The number of aryl methyl sites for hydroxylation is 1. The zero-order chi connectivity index (χ0) is 21.2. The fourth-order valence-corrected chi connectivity index (χ4v) is 4.26. The van der Waals surface area contributed by atoms with Crippen LogP contribution in [-0.4, -0.2) is 26.9 Å². The number of aromatic nitrogens is 2. The van der Waals surface area contributed by atoms with Gasteiger partial charge in [-0.05, 0) is 68.4 Å². The highest BCUT2D eigenvalue weighted by atomic mass is 35.5. The normalized spacial score (nSPS) is 12.4. The van der Waals surface area contributed by atoms with Crippen LogP contribution in [0, 0.1) is 6.92 Å². The largest absolute Gasteiger partial charge is 0.349 e. The fraction of sp³-hybridized carbons (Fsp3) is 0.300. The molecule has 0 saturated carbocycles. The van der Waals surface area contributed by atoms with Crippen molar-refractivity contribution in [2.45, 2.75) is 39.3 Å². The second kappa shape index (κ2) is 8.61. The van der Waals surface area contributed by atoms with Gasteiger partial charge in [-0.2, -0.15) is 0 Å². The van der Waals surface area contributed by atoms with E-state index >= 15 is 0 Å². The number of hydrogen-bond donors (Lipinski definition) is 1. The van der Waals surface area contributed by atoms with Crippen molar-refractivity contribution in [1.82, 2.24) is 14.9 Å². The first kappa shape index (κ1) is 21.4. The number of hydrogen-bond acceptors (Lipinski definition) is 6. The van der Waals surface area contributed by atoms with Gasteiger partial charge >= 0.3 is 0 Å². The summed E-state index contributed by atoms with van der Waals surface area (Å²) in [6.07, 6.45) is 0. The fourth-order valence-electron chi connectivity index (χ4n) is 2.85. The van der Waals surface area contributed by atoms with Gasteiger partial charge < -0.3 is 5.32 Å². The molecule has 1 atom stereocenters.